The molecule has 0 radical (unpaired) electrons. The Morgan fingerprint density at radius 1 is 1.19 bits per heavy atom. The number of rotatable bonds is 8. The molecular formula is C24H26N2O5. The lowest BCUT2D eigenvalue weighted by atomic mass is 9.93. The molecule has 1 aliphatic rings. The van der Waals surface area contributed by atoms with E-state index in [1.54, 1.807) is 55.7 Å². The van der Waals surface area contributed by atoms with Crippen molar-refractivity contribution in [2.75, 3.05) is 6.61 Å². The van der Waals surface area contributed by atoms with E-state index in [1.807, 2.05) is 13.8 Å². The number of esters is 1. The van der Waals surface area contributed by atoms with Crippen molar-refractivity contribution in [1.82, 2.24) is 9.88 Å². The molecule has 2 heterocycles. The van der Waals surface area contributed by atoms with Crippen LogP contribution in [0.4, 0.5) is 0 Å². The second-order valence-corrected chi connectivity index (χ2v) is 7.82. The van der Waals surface area contributed by atoms with E-state index in [-0.39, 0.29) is 36.8 Å². The predicted molar refractivity (Wildman–Crippen MR) is 114 cm³/mol. The SMILES string of the molecule is CCOC(=O)c1ccc(CN2C(=O)C(O)=C(C(=O)CC(C)C)C2c2cccnc2)cc1. The number of aliphatic hydroxyl groups is 1. The third-order valence-corrected chi connectivity index (χ3v) is 5.02. The van der Waals surface area contributed by atoms with Crippen molar-refractivity contribution in [3.05, 3.63) is 76.8 Å². The Labute approximate surface area is 181 Å². The lowest BCUT2D eigenvalue weighted by molar-refractivity contribution is -0.130. The molecule has 0 aliphatic carbocycles. The smallest absolute Gasteiger partial charge is 0.338 e. The summed E-state index contributed by atoms with van der Waals surface area (Å²) >= 11 is 0. The molecule has 3 rings (SSSR count). The van der Waals surface area contributed by atoms with Crippen LogP contribution in [0.25, 0.3) is 0 Å². The second-order valence-electron chi connectivity index (χ2n) is 7.82. The Kier molecular flexibility index (Phi) is 6.84. The number of ether oxygens (including phenoxy) is 1. The topological polar surface area (TPSA) is 96.8 Å². The highest BCUT2D eigenvalue weighted by Crippen LogP contribution is 2.39. The van der Waals surface area contributed by atoms with Gasteiger partial charge in [0.2, 0.25) is 0 Å². The highest BCUT2D eigenvalue weighted by Gasteiger charge is 2.43. The van der Waals surface area contributed by atoms with Gasteiger partial charge in [-0.1, -0.05) is 32.0 Å². The van der Waals surface area contributed by atoms with Crippen LogP contribution < -0.4 is 0 Å². The minimum Gasteiger partial charge on any atom is -0.503 e. The number of hydrogen-bond acceptors (Lipinski definition) is 6. The van der Waals surface area contributed by atoms with E-state index in [1.165, 1.54) is 4.90 Å². The minimum atomic E-state index is -0.725. The summed E-state index contributed by atoms with van der Waals surface area (Å²) < 4.78 is 4.99. The maximum Gasteiger partial charge on any atom is 0.338 e. The third kappa shape index (κ3) is 4.82. The van der Waals surface area contributed by atoms with Gasteiger partial charge in [-0.05, 0) is 42.2 Å². The molecule has 31 heavy (non-hydrogen) atoms. The Morgan fingerprint density at radius 2 is 1.90 bits per heavy atom. The number of benzene rings is 1. The quantitative estimate of drug-likeness (QED) is 0.651. The number of aromatic nitrogens is 1. The number of amides is 1. The van der Waals surface area contributed by atoms with E-state index in [2.05, 4.69) is 4.98 Å². The van der Waals surface area contributed by atoms with Crippen molar-refractivity contribution < 1.29 is 24.2 Å². The lowest BCUT2D eigenvalue weighted by Crippen LogP contribution is -2.30. The van der Waals surface area contributed by atoms with Crippen LogP contribution in [0.2, 0.25) is 0 Å². The largest absolute Gasteiger partial charge is 0.503 e. The van der Waals surface area contributed by atoms with Crippen LogP contribution in [0.1, 0.15) is 54.7 Å². The number of nitrogens with zero attached hydrogens (tertiary/aromatic N) is 2. The van der Waals surface area contributed by atoms with Crippen molar-refractivity contribution in [1.29, 1.82) is 0 Å². The van der Waals surface area contributed by atoms with Crippen LogP contribution in [0.15, 0.2) is 60.1 Å². The van der Waals surface area contributed by atoms with Crippen molar-refractivity contribution in [2.45, 2.75) is 39.8 Å². The molecule has 0 fully saturated rings. The average Bonchev–Trinajstić information content (AvgIpc) is 2.99. The van der Waals surface area contributed by atoms with E-state index in [4.69, 9.17) is 4.74 Å². The van der Waals surface area contributed by atoms with Crippen LogP contribution in [0, 0.1) is 5.92 Å². The van der Waals surface area contributed by atoms with E-state index < -0.39 is 23.7 Å². The van der Waals surface area contributed by atoms with Crippen LogP contribution in [-0.2, 0) is 20.9 Å². The average molecular weight is 422 g/mol. The normalized spacial score (nSPS) is 16.2. The number of Topliss-reactive ketones (excluding diaryl/α,β-unsaturated/α-hetero) is 1. The fraction of sp³-hybridized carbons (Fsp3) is 0.333. The maximum absolute atomic E-state index is 12.9. The summed E-state index contributed by atoms with van der Waals surface area (Å²) in [5.74, 6) is -1.70. The molecule has 0 saturated carbocycles. The monoisotopic (exact) mass is 422 g/mol. The van der Waals surface area contributed by atoms with Crippen LogP contribution in [0.3, 0.4) is 0 Å². The van der Waals surface area contributed by atoms with Crippen LogP contribution in [-0.4, -0.2) is 39.3 Å². The van der Waals surface area contributed by atoms with Gasteiger partial charge in [0.25, 0.3) is 5.91 Å². The Hall–Kier alpha value is -3.48. The highest BCUT2D eigenvalue weighted by molar-refractivity contribution is 6.09. The molecule has 1 unspecified atom stereocenters. The molecule has 1 aromatic carbocycles. The van der Waals surface area contributed by atoms with Gasteiger partial charge in [-0.3, -0.25) is 14.6 Å². The van der Waals surface area contributed by atoms with Crippen LogP contribution >= 0.6 is 0 Å². The first-order valence-electron chi connectivity index (χ1n) is 10.3. The Morgan fingerprint density at radius 3 is 2.48 bits per heavy atom. The number of ketones is 1. The minimum absolute atomic E-state index is 0.0851. The van der Waals surface area contributed by atoms with Crippen molar-refractivity contribution in [2.24, 2.45) is 5.92 Å². The third-order valence-electron chi connectivity index (χ3n) is 5.02. The fourth-order valence-electron chi connectivity index (χ4n) is 3.62. The Bertz CT molecular complexity index is 996. The molecule has 7 nitrogen and oxygen atoms in total. The summed E-state index contributed by atoms with van der Waals surface area (Å²) in [6, 6.07) is 9.50. The molecule has 1 aliphatic heterocycles. The molecule has 0 saturated heterocycles. The van der Waals surface area contributed by atoms with Gasteiger partial charge in [-0.15, -0.1) is 0 Å². The number of carbonyl (C=O) groups is 3. The van der Waals surface area contributed by atoms with E-state index in [0.29, 0.717) is 11.1 Å². The van der Waals surface area contributed by atoms with Gasteiger partial charge < -0.3 is 14.7 Å². The molecule has 2 aromatic rings. The Balaban J connectivity index is 1.93. The van der Waals surface area contributed by atoms with E-state index >= 15 is 0 Å². The van der Waals surface area contributed by atoms with E-state index in [0.717, 1.165) is 5.56 Å². The maximum atomic E-state index is 12.9. The first-order chi connectivity index (χ1) is 14.8. The van der Waals surface area contributed by atoms with Gasteiger partial charge in [0.15, 0.2) is 11.5 Å². The van der Waals surface area contributed by atoms with Crippen LogP contribution in [0.5, 0.6) is 0 Å². The summed E-state index contributed by atoms with van der Waals surface area (Å²) in [6.07, 6.45) is 3.43. The number of hydrogen-bond donors (Lipinski definition) is 1. The molecule has 1 atom stereocenters. The highest BCUT2D eigenvalue weighted by atomic mass is 16.5. The molecule has 162 valence electrons. The fourth-order valence-corrected chi connectivity index (χ4v) is 3.62. The molecule has 1 amide bonds. The van der Waals surface area contributed by atoms with Crippen molar-refractivity contribution in [3.63, 3.8) is 0 Å². The van der Waals surface area contributed by atoms with Crippen molar-refractivity contribution in [3.8, 4) is 0 Å². The van der Waals surface area contributed by atoms with Gasteiger partial charge in [0, 0.05) is 25.4 Å². The zero-order chi connectivity index (χ0) is 22.5. The predicted octanol–water partition coefficient (Wildman–Crippen LogP) is 3.77. The molecule has 1 N–H and O–H groups in total. The molecule has 1 aromatic heterocycles. The number of carbonyl (C=O) groups excluding carboxylic acids is 3. The van der Waals surface area contributed by atoms with Gasteiger partial charge in [-0.25, -0.2) is 4.79 Å². The summed E-state index contributed by atoms with van der Waals surface area (Å²) in [6.45, 7) is 6.00. The lowest BCUT2D eigenvalue weighted by Gasteiger charge is -2.27. The number of pyridine rings is 1. The zero-order valence-corrected chi connectivity index (χ0v) is 17.9. The van der Waals surface area contributed by atoms with Gasteiger partial charge in [0.05, 0.1) is 23.8 Å². The number of aliphatic hydroxyl groups excluding tert-OH is 1. The summed E-state index contributed by atoms with van der Waals surface area (Å²) in [7, 11) is 0. The standard InChI is InChI=1S/C24H26N2O5/c1-4-31-24(30)17-9-7-16(8-10-17)14-26-21(18-6-5-11-25-13-18)20(22(28)23(26)29)19(27)12-15(2)3/h5-11,13,15,21,28H,4,12,14H2,1-3H3. The van der Waals surface area contributed by atoms with Gasteiger partial charge >= 0.3 is 5.97 Å². The summed E-state index contributed by atoms with van der Waals surface area (Å²) in [4.78, 5) is 43.3. The first-order valence-corrected chi connectivity index (χ1v) is 10.3. The molecule has 7 heteroatoms. The first kappa shape index (κ1) is 22.2. The molecule has 0 bridgehead atoms. The zero-order valence-electron chi connectivity index (χ0n) is 17.9. The molecular weight excluding hydrogens is 396 g/mol. The van der Waals surface area contributed by atoms with Gasteiger partial charge in [0.1, 0.15) is 0 Å². The summed E-state index contributed by atoms with van der Waals surface area (Å²) in [5.41, 5.74) is 1.92. The van der Waals surface area contributed by atoms with Gasteiger partial charge in [-0.2, -0.15) is 0 Å². The summed E-state index contributed by atoms with van der Waals surface area (Å²) in [5, 5.41) is 10.6. The van der Waals surface area contributed by atoms with E-state index in [9.17, 15) is 19.5 Å². The second kappa shape index (κ2) is 9.55. The van der Waals surface area contributed by atoms with Crippen molar-refractivity contribution >= 4 is 17.7 Å². The molecule has 0 spiro atoms.